The van der Waals surface area contributed by atoms with E-state index in [0.29, 0.717) is 18.4 Å². The lowest BCUT2D eigenvalue weighted by atomic mass is 9.79. The van der Waals surface area contributed by atoms with Crippen LogP contribution in [-0.4, -0.2) is 16.5 Å². The third kappa shape index (κ3) is 2.42. The van der Waals surface area contributed by atoms with Gasteiger partial charge in [-0.15, -0.1) is 0 Å². The summed E-state index contributed by atoms with van der Waals surface area (Å²) in [5.41, 5.74) is 1.82. The molecule has 0 heterocycles. The first-order valence-electron chi connectivity index (χ1n) is 6.37. The van der Waals surface area contributed by atoms with Gasteiger partial charge in [-0.2, -0.15) is 0 Å². The number of hydrogen-bond acceptors (Lipinski definition) is 2. The Kier molecular flexibility index (Phi) is 3.34. The molecule has 92 valence electrons. The molecule has 0 aromatic heterocycles. The highest BCUT2D eigenvalue weighted by molar-refractivity contribution is 6.02. The summed E-state index contributed by atoms with van der Waals surface area (Å²) in [5.74, 6) is -0.0969. The predicted octanol–water partition coefficient (Wildman–Crippen LogP) is 3.18. The van der Waals surface area contributed by atoms with E-state index in [1.807, 2.05) is 32.0 Å². The van der Waals surface area contributed by atoms with Crippen molar-refractivity contribution >= 4 is 5.78 Å². The first kappa shape index (κ1) is 12.3. The molecular weight excluding hydrogens is 212 g/mol. The van der Waals surface area contributed by atoms with Crippen LogP contribution in [0, 0.1) is 13.8 Å². The van der Waals surface area contributed by atoms with Gasteiger partial charge in [-0.25, -0.2) is 0 Å². The van der Waals surface area contributed by atoms with E-state index in [4.69, 9.17) is 0 Å². The average molecular weight is 232 g/mol. The Hall–Kier alpha value is -1.15. The Morgan fingerprint density at radius 2 is 1.76 bits per heavy atom. The topological polar surface area (TPSA) is 37.3 Å². The number of Topliss-reactive ketones (excluding diaryl/α,β-unsaturated/α-hetero) is 1. The monoisotopic (exact) mass is 232 g/mol. The van der Waals surface area contributed by atoms with Crippen LogP contribution in [0.4, 0.5) is 0 Å². The zero-order chi connectivity index (χ0) is 12.5. The van der Waals surface area contributed by atoms with Crippen molar-refractivity contribution in [3.63, 3.8) is 0 Å². The third-order valence-corrected chi connectivity index (χ3v) is 3.87. The van der Waals surface area contributed by atoms with E-state index in [1.165, 1.54) is 5.56 Å². The van der Waals surface area contributed by atoms with Crippen LogP contribution < -0.4 is 0 Å². The molecule has 2 nitrogen and oxygen atoms in total. The number of ketones is 1. The summed E-state index contributed by atoms with van der Waals surface area (Å²) >= 11 is 0. The zero-order valence-corrected chi connectivity index (χ0v) is 10.6. The van der Waals surface area contributed by atoms with Crippen LogP contribution in [0.15, 0.2) is 18.2 Å². The molecule has 0 unspecified atom stereocenters. The van der Waals surface area contributed by atoms with Crippen LogP contribution >= 0.6 is 0 Å². The fourth-order valence-corrected chi connectivity index (χ4v) is 2.52. The van der Waals surface area contributed by atoms with E-state index >= 15 is 0 Å². The second-order valence-corrected chi connectivity index (χ2v) is 5.22. The molecule has 0 amide bonds. The smallest absolute Gasteiger partial charge is 0.194 e. The maximum absolute atomic E-state index is 12.3. The van der Waals surface area contributed by atoms with Crippen molar-refractivity contribution in [2.24, 2.45) is 0 Å². The van der Waals surface area contributed by atoms with Gasteiger partial charge in [0.2, 0.25) is 0 Å². The van der Waals surface area contributed by atoms with Crippen molar-refractivity contribution < 1.29 is 9.90 Å². The molecule has 0 radical (unpaired) electrons. The van der Waals surface area contributed by atoms with Gasteiger partial charge in [0.15, 0.2) is 5.78 Å². The summed E-state index contributed by atoms with van der Waals surface area (Å²) in [6, 6.07) is 5.68. The average Bonchev–Trinajstić information content (AvgIpc) is 2.33. The maximum Gasteiger partial charge on any atom is 0.194 e. The largest absolute Gasteiger partial charge is 0.382 e. The summed E-state index contributed by atoms with van der Waals surface area (Å²) in [5, 5.41) is 10.4. The molecule has 1 saturated carbocycles. The van der Waals surface area contributed by atoms with Crippen LogP contribution in [0.3, 0.4) is 0 Å². The highest BCUT2D eigenvalue weighted by Gasteiger charge is 2.37. The van der Waals surface area contributed by atoms with E-state index in [0.717, 1.165) is 24.8 Å². The van der Waals surface area contributed by atoms with Crippen molar-refractivity contribution in [1.29, 1.82) is 0 Å². The van der Waals surface area contributed by atoms with Crippen molar-refractivity contribution in [1.82, 2.24) is 0 Å². The number of carbonyl (C=O) groups is 1. The Labute approximate surface area is 103 Å². The van der Waals surface area contributed by atoms with Gasteiger partial charge in [0.25, 0.3) is 0 Å². The van der Waals surface area contributed by atoms with Crippen LogP contribution in [-0.2, 0) is 0 Å². The van der Waals surface area contributed by atoms with Gasteiger partial charge in [-0.05, 0) is 43.9 Å². The standard InChI is InChI=1S/C15H20O2/c1-11-6-7-13(10-12(11)2)14(16)15(17)8-4-3-5-9-15/h6-7,10,17H,3-5,8-9H2,1-2H3. The van der Waals surface area contributed by atoms with Crippen molar-refractivity contribution in [2.75, 3.05) is 0 Å². The van der Waals surface area contributed by atoms with Gasteiger partial charge in [-0.3, -0.25) is 4.79 Å². The van der Waals surface area contributed by atoms with Crippen LogP contribution in [0.5, 0.6) is 0 Å². The molecule has 1 aromatic carbocycles. The molecule has 2 heteroatoms. The fraction of sp³-hybridized carbons (Fsp3) is 0.533. The van der Waals surface area contributed by atoms with Crippen LogP contribution in [0.1, 0.15) is 53.6 Å². The molecule has 0 bridgehead atoms. The number of benzene rings is 1. The van der Waals surface area contributed by atoms with Gasteiger partial charge in [-0.1, -0.05) is 31.4 Å². The Bertz CT molecular complexity index is 429. The molecule has 1 aromatic rings. The minimum atomic E-state index is -1.11. The number of carbonyl (C=O) groups excluding carboxylic acids is 1. The Morgan fingerprint density at radius 3 is 2.35 bits per heavy atom. The lowest BCUT2D eigenvalue weighted by Crippen LogP contribution is -2.40. The van der Waals surface area contributed by atoms with Gasteiger partial charge in [0.05, 0.1) is 0 Å². The first-order chi connectivity index (χ1) is 8.03. The molecule has 1 N–H and O–H groups in total. The van der Waals surface area contributed by atoms with Gasteiger partial charge >= 0.3 is 0 Å². The summed E-state index contributed by atoms with van der Waals surface area (Å²) < 4.78 is 0. The van der Waals surface area contributed by atoms with E-state index < -0.39 is 5.60 Å². The van der Waals surface area contributed by atoms with Crippen molar-refractivity contribution in [2.45, 2.75) is 51.6 Å². The first-order valence-corrected chi connectivity index (χ1v) is 6.37. The summed E-state index contributed by atoms with van der Waals surface area (Å²) in [6.07, 6.45) is 4.25. The number of hydrogen-bond donors (Lipinski definition) is 1. The second kappa shape index (κ2) is 4.61. The number of aliphatic hydroxyl groups is 1. The molecule has 17 heavy (non-hydrogen) atoms. The minimum absolute atomic E-state index is 0.0969. The molecule has 0 aliphatic heterocycles. The molecule has 2 rings (SSSR count). The lowest BCUT2D eigenvalue weighted by molar-refractivity contribution is 0.0116. The summed E-state index contributed by atoms with van der Waals surface area (Å²) in [7, 11) is 0. The minimum Gasteiger partial charge on any atom is -0.382 e. The van der Waals surface area contributed by atoms with E-state index in [9.17, 15) is 9.90 Å². The molecule has 0 spiro atoms. The van der Waals surface area contributed by atoms with Crippen LogP contribution in [0.25, 0.3) is 0 Å². The normalized spacial score (nSPS) is 19.0. The molecule has 1 aliphatic rings. The SMILES string of the molecule is Cc1ccc(C(=O)C2(O)CCCCC2)cc1C. The van der Waals surface area contributed by atoms with E-state index in [2.05, 4.69) is 0 Å². The molecule has 1 fully saturated rings. The second-order valence-electron chi connectivity index (χ2n) is 5.22. The maximum atomic E-state index is 12.3. The summed E-state index contributed by atoms with van der Waals surface area (Å²) in [4.78, 5) is 12.3. The summed E-state index contributed by atoms with van der Waals surface area (Å²) in [6.45, 7) is 4.02. The fourth-order valence-electron chi connectivity index (χ4n) is 2.52. The van der Waals surface area contributed by atoms with Crippen molar-refractivity contribution in [3.8, 4) is 0 Å². The molecule has 0 atom stereocenters. The Balaban J connectivity index is 2.26. The van der Waals surface area contributed by atoms with Gasteiger partial charge in [0.1, 0.15) is 5.60 Å². The van der Waals surface area contributed by atoms with Crippen molar-refractivity contribution in [3.05, 3.63) is 34.9 Å². The Morgan fingerprint density at radius 1 is 1.12 bits per heavy atom. The predicted molar refractivity (Wildman–Crippen MR) is 68.3 cm³/mol. The lowest BCUT2D eigenvalue weighted by Gasteiger charge is -2.30. The molecule has 0 saturated heterocycles. The highest BCUT2D eigenvalue weighted by atomic mass is 16.3. The quantitative estimate of drug-likeness (QED) is 0.795. The van der Waals surface area contributed by atoms with Gasteiger partial charge < -0.3 is 5.11 Å². The number of aryl methyl sites for hydroxylation is 2. The van der Waals surface area contributed by atoms with Crippen LogP contribution in [0.2, 0.25) is 0 Å². The van der Waals surface area contributed by atoms with E-state index in [-0.39, 0.29) is 5.78 Å². The zero-order valence-electron chi connectivity index (χ0n) is 10.6. The number of rotatable bonds is 2. The van der Waals surface area contributed by atoms with E-state index in [1.54, 1.807) is 0 Å². The highest BCUT2D eigenvalue weighted by Crippen LogP contribution is 2.31. The molecule has 1 aliphatic carbocycles. The van der Waals surface area contributed by atoms with Gasteiger partial charge in [0, 0.05) is 5.56 Å². The third-order valence-electron chi connectivity index (χ3n) is 3.87. The molecular formula is C15H20O2.